The molecule has 1 unspecified atom stereocenters. The highest BCUT2D eigenvalue weighted by atomic mass is 16.5. The highest BCUT2D eigenvalue weighted by Gasteiger charge is 2.29. The fraction of sp³-hybridized carbons (Fsp3) is 0.529. The van der Waals surface area contributed by atoms with Crippen molar-refractivity contribution in [3.05, 3.63) is 47.6 Å². The van der Waals surface area contributed by atoms with Gasteiger partial charge in [-0.3, -0.25) is 0 Å². The fourth-order valence-electron chi connectivity index (χ4n) is 2.44. The topological polar surface area (TPSA) is 51.0 Å². The van der Waals surface area contributed by atoms with Crippen LogP contribution in [-0.4, -0.2) is 22.7 Å². The number of hydrogen-bond acceptors (Lipinski definition) is 4. The third kappa shape index (κ3) is 3.70. The van der Waals surface area contributed by atoms with Gasteiger partial charge in [-0.2, -0.15) is 4.98 Å². The summed E-state index contributed by atoms with van der Waals surface area (Å²) in [5.41, 5.74) is 0.944. The first-order valence-corrected chi connectivity index (χ1v) is 7.69. The summed E-state index contributed by atoms with van der Waals surface area (Å²) in [4.78, 5) is 4.61. The molecule has 1 atom stereocenters. The van der Waals surface area contributed by atoms with Gasteiger partial charge < -0.3 is 9.84 Å². The number of likely N-dealkylation sites (N-methyl/N-ethyl adjacent to an activating group) is 1. The maximum Gasteiger partial charge on any atom is 0.228 e. The first-order chi connectivity index (χ1) is 10.1. The molecule has 0 saturated heterocycles. The average molecular weight is 287 g/mol. The van der Waals surface area contributed by atoms with Gasteiger partial charge in [-0.05, 0) is 32.4 Å². The van der Waals surface area contributed by atoms with Crippen molar-refractivity contribution in [1.82, 2.24) is 15.5 Å². The van der Waals surface area contributed by atoms with Crippen LogP contribution in [0.1, 0.15) is 51.4 Å². The van der Waals surface area contributed by atoms with Gasteiger partial charge in [0.2, 0.25) is 5.89 Å². The second kappa shape index (κ2) is 6.85. The summed E-state index contributed by atoms with van der Waals surface area (Å²) in [5.74, 6) is 1.46. The van der Waals surface area contributed by atoms with Crippen molar-refractivity contribution in [2.24, 2.45) is 0 Å². The quantitative estimate of drug-likeness (QED) is 0.848. The summed E-state index contributed by atoms with van der Waals surface area (Å²) >= 11 is 0. The molecule has 1 aromatic heterocycles. The van der Waals surface area contributed by atoms with Crippen molar-refractivity contribution in [2.75, 3.05) is 6.54 Å². The van der Waals surface area contributed by atoms with Crippen LogP contribution in [0.3, 0.4) is 0 Å². The highest BCUT2D eigenvalue weighted by molar-refractivity contribution is 5.30. The molecule has 0 radical (unpaired) electrons. The summed E-state index contributed by atoms with van der Waals surface area (Å²) in [5, 5.41) is 7.63. The lowest BCUT2D eigenvalue weighted by atomic mass is 9.84. The van der Waals surface area contributed by atoms with E-state index in [2.05, 4.69) is 55.3 Å². The molecule has 0 spiro atoms. The molecule has 0 aliphatic carbocycles. The lowest BCUT2D eigenvalue weighted by Gasteiger charge is -2.20. The van der Waals surface area contributed by atoms with E-state index in [1.165, 1.54) is 5.56 Å². The molecular formula is C17H25N3O. The van der Waals surface area contributed by atoms with Gasteiger partial charge in [0.15, 0.2) is 5.82 Å². The van der Waals surface area contributed by atoms with Gasteiger partial charge in [0.25, 0.3) is 0 Å². The van der Waals surface area contributed by atoms with Crippen LogP contribution in [0.15, 0.2) is 34.9 Å². The molecule has 1 heterocycles. The van der Waals surface area contributed by atoms with Gasteiger partial charge in [0.05, 0.1) is 5.41 Å². The van der Waals surface area contributed by atoms with E-state index in [1.807, 2.05) is 18.2 Å². The van der Waals surface area contributed by atoms with Crippen molar-refractivity contribution in [2.45, 2.75) is 52.0 Å². The Bertz CT molecular complexity index is 548. The Morgan fingerprint density at radius 1 is 1.19 bits per heavy atom. The van der Waals surface area contributed by atoms with E-state index in [-0.39, 0.29) is 5.41 Å². The standard InChI is InChI=1S/C17H25N3O/c1-5-14(18-6-2)12-15-19-16(20-21-15)17(3,4)13-10-8-7-9-11-13/h7-11,14,18H,5-6,12H2,1-4H3. The minimum atomic E-state index is -0.247. The Kier molecular flexibility index (Phi) is 5.12. The van der Waals surface area contributed by atoms with E-state index < -0.39 is 0 Å². The summed E-state index contributed by atoms with van der Waals surface area (Å²) in [7, 11) is 0. The van der Waals surface area contributed by atoms with E-state index in [9.17, 15) is 0 Å². The summed E-state index contributed by atoms with van der Waals surface area (Å²) < 4.78 is 5.45. The monoisotopic (exact) mass is 287 g/mol. The van der Waals surface area contributed by atoms with Gasteiger partial charge in [-0.25, -0.2) is 0 Å². The average Bonchev–Trinajstić information content (AvgIpc) is 2.97. The van der Waals surface area contributed by atoms with Crippen LogP contribution in [0.2, 0.25) is 0 Å². The number of nitrogens with one attached hydrogen (secondary N) is 1. The zero-order chi connectivity index (χ0) is 15.3. The zero-order valence-electron chi connectivity index (χ0n) is 13.4. The minimum absolute atomic E-state index is 0.247. The molecule has 1 aromatic carbocycles. The van der Waals surface area contributed by atoms with Crippen LogP contribution < -0.4 is 5.32 Å². The molecule has 0 saturated carbocycles. The molecule has 2 aromatic rings. The van der Waals surface area contributed by atoms with E-state index in [1.54, 1.807) is 0 Å². The van der Waals surface area contributed by atoms with Crippen molar-refractivity contribution in [1.29, 1.82) is 0 Å². The predicted octanol–water partition coefficient (Wildman–Crippen LogP) is 3.33. The minimum Gasteiger partial charge on any atom is -0.339 e. The van der Waals surface area contributed by atoms with E-state index in [0.29, 0.717) is 11.9 Å². The number of hydrogen-bond donors (Lipinski definition) is 1. The van der Waals surface area contributed by atoms with Gasteiger partial charge in [-0.15, -0.1) is 0 Å². The molecule has 2 rings (SSSR count). The smallest absolute Gasteiger partial charge is 0.228 e. The Morgan fingerprint density at radius 2 is 1.90 bits per heavy atom. The van der Waals surface area contributed by atoms with Crippen molar-refractivity contribution in [3.8, 4) is 0 Å². The molecular weight excluding hydrogens is 262 g/mol. The Labute approximate surface area is 127 Å². The van der Waals surface area contributed by atoms with Crippen LogP contribution in [0.25, 0.3) is 0 Å². The van der Waals surface area contributed by atoms with Crippen molar-refractivity contribution >= 4 is 0 Å². The third-order valence-corrected chi connectivity index (χ3v) is 3.93. The third-order valence-electron chi connectivity index (χ3n) is 3.93. The second-order valence-electron chi connectivity index (χ2n) is 5.87. The van der Waals surface area contributed by atoms with Gasteiger partial charge >= 0.3 is 0 Å². The Hall–Kier alpha value is -1.68. The van der Waals surface area contributed by atoms with Gasteiger partial charge in [0.1, 0.15) is 0 Å². The van der Waals surface area contributed by atoms with E-state index in [4.69, 9.17) is 4.52 Å². The SMILES string of the molecule is CCNC(CC)Cc1nc(C(C)(C)c2ccccc2)no1. The molecule has 1 N–H and O–H groups in total. The van der Waals surface area contributed by atoms with Gasteiger partial charge in [-0.1, -0.05) is 49.3 Å². The molecule has 4 heteroatoms. The van der Waals surface area contributed by atoms with Crippen LogP contribution >= 0.6 is 0 Å². The van der Waals surface area contributed by atoms with Crippen LogP contribution in [-0.2, 0) is 11.8 Å². The largest absolute Gasteiger partial charge is 0.339 e. The summed E-state index contributed by atoms with van der Waals surface area (Å²) in [6.45, 7) is 9.48. The number of aromatic nitrogens is 2. The lowest BCUT2D eigenvalue weighted by Crippen LogP contribution is -2.30. The molecule has 0 amide bonds. The first-order valence-electron chi connectivity index (χ1n) is 7.69. The molecule has 4 nitrogen and oxygen atoms in total. The number of rotatable bonds is 7. The van der Waals surface area contributed by atoms with Gasteiger partial charge in [0, 0.05) is 12.5 Å². The fourth-order valence-corrected chi connectivity index (χ4v) is 2.44. The number of benzene rings is 1. The Morgan fingerprint density at radius 3 is 2.52 bits per heavy atom. The Balaban J connectivity index is 2.15. The van der Waals surface area contributed by atoms with Crippen LogP contribution in [0, 0.1) is 0 Å². The molecule has 0 aliphatic heterocycles. The maximum absolute atomic E-state index is 5.45. The van der Waals surface area contributed by atoms with Crippen LogP contribution in [0.4, 0.5) is 0 Å². The lowest BCUT2D eigenvalue weighted by molar-refractivity contribution is 0.347. The van der Waals surface area contributed by atoms with Crippen molar-refractivity contribution < 1.29 is 4.52 Å². The summed E-state index contributed by atoms with van der Waals surface area (Å²) in [6, 6.07) is 10.7. The second-order valence-corrected chi connectivity index (χ2v) is 5.87. The number of nitrogens with zero attached hydrogens (tertiary/aromatic N) is 2. The molecule has 0 fully saturated rings. The molecule has 114 valence electrons. The van der Waals surface area contributed by atoms with E-state index in [0.717, 1.165) is 25.2 Å². The summed E-state index contributed by atoms with van der Waals surface area (Å²) in [6.07, 6.45) is 1.83. The first kappa shape index (κ1) is 15.7. The van der Waals surface area contributed by atoms with Crippen molar-refractivity contribution in [3.63, 3.8) is 0 Å². The molecule has 21 heavy (non-hydrogen) atoms. The normalized spacial score (nSPS) is 13.3. The van der Waals surface area contributed by atoms with Crippen LogP contribution in [0.5, 0.6) is 0 Å². The molecule has 0 aliphatic rings. The van der Waals surface area contributed by atoms with E-state index >= 15 is 0 Å². The predicted molar refractivity (Wildman–Crippen MR) is 84.3 cm³/mol. The zero-order valence-corrected chi connectivity index (χ0v) is 13.4. The molecule has 0 bridgehead atoms. The highest BCUT2D eigenvalue weighted by Crippen LogP contribution is 2.29. The maximum atomic E-state index is 5.45.